The number of hydrogen-bond acceptors (Lipinski definition) is 4. The first-order chi connectivity index (χ1) is 9.77. The molecule has 0 saturated carbocycles. The largest absolute Gasteiger partial charge is 0.383 e. The first-order valence-corrected chi connectivity index (χ1v) is 7.67. The average Bonchev–Trinajstić information content (AvgIpc) is 3.09. The fraction of sp³-hybridized carbons (Fsp3) is 0.786. The van der Waals surface area contributed by atoms with Crippen molar-refractivity contribution in [2.75, 3.05) is 33.5 Å². The zero-order valence-corrected chi connectivity index (χ0v) is 13.0. The topological polar surface area (TPSA) is 48.3 Å². The Morgan fingerprint density at radius 3 is 3.15 bits per heavy atom. The highest BCUT2D eigenvalue weighted by Crippen LogP contribution is 2.32. The minimum Gasteiger partial charge on any atom is -0.383 e. The van der Waals surface area contributed by atoms with Gasteiger partial charge in [0.1, 0.15) is 0 Å². The van der Waals surface area contributed by atoms with Crippen molar-refractivity contribution in [1.29, 1.82) is 0 Å². The van der Waals surface area contributed by atoms with Crippen LogP contribution >= 0.6 is 11.6 Å². The molecule has 114 valence electrons. The molecule has 0 radical (unpaired) electrons. The average molecular weight is 302 g/mol. The maximum Gasteiger partial charge on any atom is 0.0834 e. The molecule has 5 nitrogen and oxygen atoms in total. The van der Waals surface area contributed by atoms with E-state index < -0.39 is 0 Å². The van der Waals surface area contributed by atoms with Crippen LogP contribution in [0.1, 0.15) is 31.5 Å². The summed E-state index contributed by atoms with van der Waals surface area (Å²) >= 11 is 6.37. The molecule has 1 fully saturated rings. The van der Waals surface area contributed by atoms with Crippen molar-refractivity contribution in [2.24, 2.45) is 5.92 Å². The van der Waals surface area contributed by atoms with E-state index >= 15 is 0 Å². The van der Waals surface area contributed by atoms with Crippen LogP contribution in [0.3, 0.4) is 0 Å². The molecule has 1 aromatic rings. The molecule has 2 unspecified atom stereocenters. The van der Waals surface area contributed by atoms with E-state index in [1.807, 2.05) is 4.68 Å². The molecule has 1 saturated heterocycles. The number of nitrogens with one attached hydrogen (secondary N) is 1. The van der Waals surface area contributed by atoms with Gasteiger partial charge in [-0.2, -0.15) is 5.10 Å². The molecule has 0 aromatic carbocycles. The van der Waals surface area contributed by atoms with Crippen molar-refractivity contribution in [3.63, 3.8) is 0 Å². The van der Waals surface area contributed by atoms with E-state index in [1.165, 1.54) is 0 Å². The predicted molar refractivity (Wildman–Crippen MR) is 79.1 cm³/mol. The number of aromatic nitrogens is 2. The van der Waals surface area contributed by atoms with Crippen molar-refractivity contribution in [1.82, 2.24) is 15.1 Å². The molecule has 20 heavy (non-hydrogen) atoms. The summed E-state index contributed by atoms with van der Waals surface area (Å²) in [7, 11) is 1.70. The summed E-state index contributed by atoms with van der Waals surface area (Å²) in [6.07, 6.45) is 3.88. The van der Waals surface area contributed by atoms with Gasteiger partial charge in [0, 0.05) is 19.6 Å². The van der Waals surface area contributed by atoms with E-state index in [-0.39, 0.29) is 6.04 Å². The highest BCUT2D eigenvalue weighted by Gasteiger charge is 2.30. The van der Waals surface area contributed by atoms with Gasteiger partial charge in [0.25, 0.3) is 0 Å². The number of nitrogens with zero attached hydrogens (tertiary/aromatic N) is 2. The first-order valence-electron chi connectivity index (χ1n) is 7.29. The van der Waals surface area contributed by atoms with Crippen LogP contribution in [0.4, 0.5) is 0 Å². The van der Waals surface area contributed by atoms with Crippen LogP contribution in [0.25, 0.3) is 0 Å². The van der Waals surface area contributed by atoms with Gasteiger partial charge in [-0.05, 0) is 19.4 Å². The molecule has 2 rings (SSSR count). The fourth-order valence-electron chi connectivity index (χ4n) is 2.64. The predicted octanol–water partition coefficient (Wildman–Crippen LogP) is 2.26. The number of hydrogen-bond donors (Lipinski definition) is 1. The number of halogens is 1. The molecule has 1 aromatic heterocycles. The fourth-order valence-corrected chi connectivity index (χ4v) is 2.90. The third kappa shape index (κ3) is 3.73. The Bertz CT molecular complexity index is 405. The second-order valence-corrected chi connectivity index (χ2v) is 5.56. The molecular weight excluding hydrogens is 278 g/mol. The van der Waals surface area contributed by atoms with Gasteiger partial charge in [0.2, 0.25) is 0 Å². The maximum atomic E-state index is 6.37. The molecule has 2 heterocycles. The van der Waals surface area contributed by atoms with E-state index in [1.54, 1.807) is 13.3 Å². The Labute approximate surface area is 125 Å². The summed E-state index contributed by atoms with van der Waals surface area (Å²) in [6, 6.07) is 0.198. The van der Waals surface area contributed by atoms with E-state index in [0.29, 0.717) is 12.5 Å². The standard InChI is InChI=1S/C14H24ClN3O2/c1-3-5-16-13(11-4-7-20-10-11)14-12(15)9-17-18(14)6-8-19-2/h9,11,13,16H,3-8,10H2,1-2H3. The summed E-state index contributed by atoms with van der Waals surface area (Å²) in [5.41, 5.74) is 1.06. The van der Waals surface area contributed by atoms with Crippen LogP contribution in [0.15, 0.2) is 6.20 Å². The van der Waals surface area contributed by atoms with Gasteiger partial charge < -0.3 is 14.8 Å². The minimum atomic E-state index is 0.198. The molecule has 0 aliphatic carbocycles. The Balaban J connectivity index is 2.19. The van der Waals surface area contributed by atoms with Crippen LogP contribution in [0.5, 0.6) is 0 Å². The maximum absolute atomic E-state index is 6.37. The van der Waals surface area contributed by atoms with Crippen molar-refractivity contribution in [3.8, 4) is 0 Å². The lowest BCUT2D eigenvalue weighted by atomic mass is 9.95. The lowest BCUT2D eigenvalue weighted by Crippen LogP contribution is -2.32. The highest BCUT2D eigenvalue weighted by molar-refractivity contribution is 6.31. The molecule has 0 amide bonds. The summed E-state index contributed by atoms with van der Waals surface area (Å²) < 4.78 is 12.6. The van der Waals surface area contributed by atoms with Crippen LogP contribution in [-0.4, -0.2) is 43.3 Å². The third-order valence-corrected chi connectivity index (χ3v) is 3.98. The van der Waals surface area contributed by atoms with E-state index in [2.05, 4.69) is 17.3 Å². The molecule has 2 atom stereocenters. The lowest BCUT2D eigenvalue weighted by Gasteiger charge is -2.25. The highest BCUT2D eigenvalue weighted by atomic mass is 35.5. The number of rotatable bonds is 8. The van der Waals surface area contributed by atoms with E-state index in [9.17, 15) is 0 Å². The SMILES string of the molecule is CCCNC(c1c(Cl)cnn1CCOC)C1CCOC1. The van der Waals surface area contributed by atoms with Crippen LogP contribution < -0.4 is 5.32 Å². The van der Waals surface area contributed by atoms with Gasteiger partial charge in [0.05, 0.1) is 42.7 Å². The molecule has 6 heteroatoms. The van der Waals surface area contributed by atoms with Gasteiger partial charge in [-0.1, -0.05) is 18.5 Å². The van der Waals surface area contributed by atoms with Crippen molar-refractivity contribution < 1.29 is 9.47 Å². The van der Waals surface area contributed by atoms with Gasteiger partial charge in [-0.25, -0.2) is 0 Å². The number of ether oxygens (including phenoxy) is 2. The third-order valence-electron chi connectivity index (χ3n) is 3.69. The van der Waals surface area contributed by atoms with E-state index in [4.69, 9.17) is 21.1 Å². The van der Waals surface area contributed by atoms with Gasteiger partial charge in [0.15, 0.2) is 0 Å². The normalized spacial score (nSPS) is 20.4. The van der Waals surface area contributed by atoms with Crippen molar-refractivity contribution >= 4 is 11.6 Å². The van der Waals surface area contributed by atoms with Crippen LogP contribution in [0.2, 0.25) is 5.02 Å². The van der Waals surface area contributed by atoms with E-state index in [0.717, 1.165) is 49.9 Å². The Hall–Kier alpha value is -0.620. The van der Waals surface area contributed by atoms with Gasteiger partial charge in [-0.3, -0.25) is 4.68 Å². The van der Waals surface area contributed by atoms with Gasteiger partial charge in [-0.15, -0.1) is 0 Å². The van der Waals surface area contributed by atoms with Crippen molar-refractivity contribution in [3.05, 3.63) is 16.9 Å². The zero-order valence-electron chi connectivity index (χ0n) is 12.3. The summed E-state index contributed by atoms with van der Waals surface area (Å²) in [5, 5.41) is 8.71. The van der Waals surface area contributed by atoms with Crippen LogP contribution in [-0.2, 0) is 16.0 Å². The molecule has 1 aliphatic rings. The summed E-state index contributed by atoms with van der Waals surface area (Å²) in [4.78, 5) is 0. The second-order valence-electron chi connectivity index (χ2n) is 5.15. The quantitative estimate of drug-likeness (QED) is 0.800. The first kappa shape index (κ1) is 15.8. The molecule has 0 bridgehead atoms. The summed E-state index contributed by atoms with van der Waals surface area (Å²) in [6.45, 7) is 6.10. The Kier molecular flexibility index (Phi) is 6.29. The minimum absolute atomic E-state index is 0.198. The van der Waals surface area contributed by atoms with Crippen LogP contribution in [0, 0.1) is 5.92 Å². The smallest absolute Gasteiger partial charge is 0.0834 e. The molecular formula is C14H24ClN3O2. The monoisotopic (exact) mass is 301 g/mol. The molecule has 1 aliphatic heterocycles. The summed E-state index contributed by atoms with van der Waals surface area (Å²) in [5.74, 6) is 0.456. The van der Waals surface area contributed by atoms with Gasteiger partial charge >= 0.3 is 0 Å². The second kappa shape index (κ2) is 7.98. The Morgan fingerprint density at radius 2 is 2.50 bits per heavy atom. The molecule has 1 N–H and O–H groups in total. The van der Waals surface area contributed by atoms with Crippen molar-refractivity contribution in [2.45, 2.75) is 32.4 Å². The lowest BCUT2D eigenvalue weighted by molar-refractivity contribution is 0.170. The number of methoxy groups -OCH3 is 1. The Morgan fingerprint density at radius 1 is 1.65 bits per heavy atom. The zero-order chi connectivity index (χ0) is 14.4. The molecule has 0 spiro atoms.